The minimum atomic E-state index is -0.287. The van der Waals surface area contributed by atoms with E-state index in [4.69, 9.17) is 10.1 Å². The minimum absolute atomic E-state index is 0.287. The van der Waals surface area contributed by atoms with Crippen molar-refractivity contribution in [2.45, 2.75) is 72.1 Å². The average molecular weight is 546 g/mol. The lowest BCUT2D eigenvalue weighted by atomic mass is 9.96. The van der Waals surface area contributed by atoms with Crippen molar-refractivity contribution in [3.63, 3.8) is 0 Å². The lowest BCUT2D eigenvalue weighted by Gasteiger charge is -2.13. The van der Waals surface area contributed by atoms with Gasteiger partial charge in [0, 0.05) is 12.0 Å². The minimum Gasteiger partial charge on any atom is -0.217 e. The number of benzene rings is 4. The fraction of sp³-hybridized carbons (Fsp3) is 0.297. The van der Waals surface area contributed by atoms with Gasteiger partial charge in [-0.1, -0.05) is 94.3 Å². The number of unbranched alkanes of at least 4 members (excludes halogenated alkanes) is 2. The fourth-order valence-electron chi connectivity index (χ4n) is 5.24. The zero-order chi connectivity index (χ0) is 28.6. The molecular formula is C37H40FN3. The monoisotopic (exact) mass is 545 g/mol. The average Bonchev–Trinajstić information content (AvgIpc) is 3.43. The first-order chi connectivity index (χ1) is 20.1. The molecule has 0 saturated heterocycles. The molecule has 4 heteroatoms. The Morgan fingerprint density at radius 1 is 0.585 bits per heavy atom. The summed E-state index contributed by atoms with van der Waals surface area (Å²) >= 11 is 0. The molecule has 4 aromatic carbocycles. The van der Waals surface area contributed by atoms with E-state index in [1.54, 1.807) is 6.07 Å². The number of nitrogens with zero attached hydrogens (tertiary/aromatic N) is 3. The largest absolute Gasteiger partial charge is 0.217 e. The van der Waals surface area contributed by atoms with Crippen molar-refractivity contribution in [2.24, 2.45) is 0 Å². The van der Waals surface area contributed by atoms with Crippen LogP contribution in [0.25, 0.3) is 39.3 Å². The van der Waals surface area contributed by atoms with Gasteiger partial charge in [0.05, 0.1) is 5.69 Å². The smallest absolute Gasteiger partial charge is 0.181 e. The molecule has 3 nitrogen and oxygen atoms in total. The third-order valence-electron chi connectivity index (χ3n) is 7.61. The van der Waals surface area contributed by atoms with Gasteiger partial charge in [-0.15, -0.1) is 5.10 Å². The number of aryl methyl sites for hydroxylation is 3. The Bertz CT molecular complexity index is 1500. The summed E-state index contributed by atoms with van der Waals surface area (Å²) in [6, 6.07) is 31.1. The van der Waals surface area contributed by atoms with Crippen LogP contribution in [0.2, 0.25) is 0 Å². The van der Waals surface area contributed by atoms with Gasteiger partial charge >= 0.3 is 0 Å². The second-order valence-electron chi connectivity index (χ2n) is 10.9. The summed E-state index contributed by atoms with van der Waals surface area (Å²) < 4.78 is 16.0. The molecule has 1 heterocycles. The Hall–Kier alpha value is -4.05. The van der Waals surface area contributed by atoms with E-state index in [2.05, 4.69) is 87.5 Å². The summed E-state index contributed by atoms with van der Waals surface area (Å²) in [6.45, 7) is 6.60. The molecule has 41 heavy (non-hydrogen) atoms. The fourth-order valence-corrected chi connectivity index (χ4v) is 5.24. The van der Waals surface area contributed by atoms with Gasteiger partial charge < -0.3 is 0 Å². The van der Waals surface area contributed by atoms with Crippen LogP contribution < -0.4 is 0 Å². The lowest BCUT2D eigenvalue weighted by Crippen LogP contribution is -2.04. The summed E-state index contributed by atoms with van der Waals surface area (Å²) in [5.41, 5.74) is 9.02. The maximum Gasteiger partial charge on any atom is 0.181 e. The molecule has 0 bridgehead atoms. The zero-order valence-electron chi connectivity index (χ0n) is 24.5. The highest BCUT2D eigenvalue weighted by Gasteiger charge is 2.16. The summed E-state index contributed by atoms with van der Waals surface area (Å²) in [6.07, 6.45) is 8.72. The van der Waals surface area contributed by atoms with Gasteiger partial charge in [-0.2, -0.15) is 0 Å². The summed E-state index contributed by atoms with van der Waals surface area (Å²) in [5, 5.41) is 4.91. The van der Waals surface area contributed by atoms with Gasteiger partial charge in [-0.05, 0) is 95.8 Å². The number of hydrogen-bond donors (Lipinski definition) is 0. The lowest BCUT2D eigenvalue weighted by molar-refractivity contribution is 0.628. The summed E-state index contributed by atoms with van der Waals surface area (Å²) in [7, 11) is 0. The SMILES string of the molecule is CCCCc1ccc(-c2cc(-c3ccc(CCCC)cc3)cc(-n3nc(-c4cccc(F)c4)nc3CCC)c2)cc1. The third-order valence-corrected chi connectivity index (χ3v) is 7.61. The number of halogens is 1. The second kappa shape index (κ2) is 13.5. The van der Waals surface area contributed by atoms with Crippen molar-refractivity contribution in [3.05, 3.63) is 114 Å². The predicted octanol–water partition coefficient (Wildman–Crippen LogP) is 10.0. The topological polar surface area (TPSA) is 30.7 Å². The molecule has 0 aliphatic carbocycles. The molecule has 0 aliphatic heterocycles. The summed E-state index contributed by atoms with van der Waals surface area (Å²) in [5.74, 6) is 1.13. The van der Waals surface area contributed by atoms with Crippen molar-refractivity contribution < 1.29 is 4.39 Å². The van der Waals surface area contributed by atoms with E-state index in [1.807, 2.05) is 10.7 Å². The highest BCUT2D eigenvalue weighted by molar-refractivity contribution is 5.76. The summed E-state index contributed by atoms with van der Waals surface area (Å²) in [4.78, 5) is 4.86. The van der Waals surface area contributed by atoms with E-state index in [0.29, 0.717) is 11.4 Å². The Labute approximate surface area is 244 Å². The number of rotatable bonds is 12. The quantitative estimate of drug-likeness (QED) is 0.156. The van der Waals surface area contributed by atoms with Gasteiger partial charge in [0.1, 0.15) is 11.6 Å². The van der Waals surface area contributed by atoms with Crippen molar-refractivity contribution in [1.29, 1.82) is 0 Å². The molecule has 0 spiro atoms. The van der Waals surface area contributed by atoms with Crippen LogP contribution in [0.3, 0.4) is 0 Å². The molecule has 0 N–H and O–H groups in total. The number of hydrogen-bond acceptors (Lipinski definition) is 2. The molecular weight excluding hydrogens is 505 g/mol. The third kappa shape index (κ3) is 7.00. The van der Waals surface area contributed by atoms with E-state index < -0.39 is 0 Å². The van der Waals surface area contributed by atoms with Crippen LogP contribution in [-0.4, -0.2) is 14.8 Å². The molecule has 0 atom stereocenters. The maximum absolute atomic E-state index is 14.0. The van der Waals surface area contributed by atoms with E-state index in [9.17, 15) is 4.39 Å². The van der Waals surface area contributed by atoms with Crippen LogP contribution in [0.1, 0.15) is 69.8 Å². The predicted molar refractivity (Wildman–Crippen MR) is 169 cm³/mol. The number of aromatic nitrogens is 3. The van der Waals surface area contributed by atoms with Gasteiger partial charge in [0.2, 0.25) is 0 Å². The van der Waals surface area contributed by atoms with E-state index in [0.717, 1.165) is 48.3 Å². The second-order valence-corrected chi connectivity index (χ2v) is 10.9. The van der Waals surface area contributed by atoms with Crippen molar-refractivity contribution in [3.8, 4) is 39.3 Å². The molecule has 0 fully saturated rings. The van der Waals surface area contributed by atoms with Crippen LogP contribution >= 0.6 is 0 Å². The molecule has 0 saturated carbocycles. The molecule has 0 unspecified atom stereocenters. The van der Waals surface area contributed by atoms with Gasteiger partial charge in [0.15, 0.2) is 5.82 Å². The van der Waals surface area contributed by atoms with Crippen LogP contribution in [0, 0.1) is 5.82 Å². The molecule has 0 radical (unpaired) electrons. The maximum atomic E-state index is 14.0. The molecule has 5 aromatic rings. The Kier molecular flexibility index (Phi) is 9.40. The Morgan fingerprint density at radius 3 is 1.68 bits per heavy atom. The standard InChI is InChI=1S/C37H40FN3/c1-4-7-11-27-15-19-29(20-16-27)32-23-33(30-21-17-28(18-22-30)12-8-5-2)26-35(25-32)41-36(10-6-3)39-37(40-41)31-13-9-14-34(38)24-31/h9,13-26H,4-8,10-12H2,1-3H3. The van der Waals surface area contributed by atoms with Crippen molar-refractivity contribution in [1.82, 2.24) is 14.8 Å². The highest BCUT2D eigenvalue weighted by Crippen LogP contribution is 2.32. The van der Waals surface area contributed by atoms with Crippen LogP contribution in [-0.2, 0) is 19.3 Å². The molecule has 0 amide bonds. The molecule has 0 aliphatic rings. The first-order valence-corrected chi connectivity index (χ1v) is 15.1. The Balaban J connectivity index is 1.61. The molecule has 210 valence electrons. The van der Waals surface area contributed by atoms with E-state index >= 15 is 0 Å². The van der Waals surface area contributed by atoms with Crippen molar-refractivity contribution >= 4 is 0 Å². The van der Waals surface area contributed by atoms with Gasteiger partial charge in [-0.3, -0.25) is 0 Å². The van der Waals surface area contributed by atoms with Crippen LogP contribution in [0.15, 0.2) is 91.0 Å². The first kappa shape index (κ1) is 28.5. The molecule has 1 aromatic heterocycles. The van der Waals surface area contributed by atoms with Crippen LogP contribution in [0.4, 0.5) is 4.39 Å². The normalized spacial score (nSPS) is 11.2. The van der Waals surface area contributed by atoms with E-state index in [-0.39, 0.29) is 5.82 Å². The van der Waals surface area contributed by atoms with Crippen LogP contribution in [0.5, 0.6) is 0 Å². The van der Waals surface area contributed by atoms with E-state index in [1.165, 1.54) is 60.1 Å². The first-order valence-electron chi connectivity index (χ1n) is 15.1. The zero-order valence-corrected chi connectivity index (χ0v) is 24.5. The Morgan fingerprint density at radius 2 is 1.17 bits per heavy atom. The van der Waals surface area contributed by atoms with Gasteiger partial charge in [-0.25, -0.2) is 14.1 Å². The van der Waals surface area contributed by atoms with Gasteiger partial charge in [0.25, 0.3) is 0 Å². The molecule has 5 rings (SSSR count). The van der Waals surface area contributed by atoms with Crippen molar-refractivity contribution in [2.75, 3.05) is 0 Å². The highest BCUT2D eigenvalue weighted by atomic mass is 19.1.